The molecular weight excluding hydrogens is 281 g/mol. The first-order valence-corrected chi connectivity index (χ1v) is 7.68. The topological polar surface area (TPSA) is 30.9 Å². The van der Waals surface area contributed by atoms with Crippen molar-refractivity contribution in [1.29, 1.82) is 0 Å². The molecule has 0 aromatic carbocycles. The van der Waals surface area contributed by atoms with Gasteiger partial charge in [0.05, 0.1) is 0 Å². The largest absolute Gasteiger partial charge is 0.403 e. The number of nitrogens with one attached hydrogen (secondary N) is 1. The van der Waals surface area contributed by atoms with Gasteiger partial charge >= 0.3 is 6.18 Å². The van der Waals surface area contributed by atoms with Gasteiger partial charge in [-0.2, -0.15) is 13.2 Å². The maximum atomic E-state index is 12.7. The van der Waals surface area contributed by atoms with E-state index >= 15 is 0 Å². The van der Waals surface area contributed by atoms with E-state index in [4.69, 9.17) is 0 Å². The number of piperazine rings is 1. The smallest absolute Gasteiger partial charge is 0.356 e. The number of guanidine groups is 1. The molecule has 1 aliphatic heterocycles. The molecule has 1 unspecified atom stereocenters. The summed E-state index contributed by atoms with van der Waals surface area (Å²) in [4.78, 5) is 7.78. The van der Waals surface area contributed by atoms with E-state index in [1.54, 1.807) is 7.05 Å². The fourth-order valence-electron chi connectivity index (χ4n) is 2.65. The minimum absolute atomic E-state index is 0.421. The van der Waals surface area contributed by atoms with Crippen molar-refractivity contribution in [3.63, 3.8) is 0 Å². The molecule has 0 aromatic heterocycles. The summed E-state index contributed by atoms with van der Waals surface area (Å²) in [5.41, 5.74) is 0. The second kappa shape index (κ2) is 6.85. The minimum Gasteiger partial charge on any atom is -0.356 e. The van der Waals surface area contributed by atoms with E-state index in [2.05, 4.69) is 10.3 Å². The van der Waals surface area contributed by atoms with E-state index in [0.717, 1.165) is 24.8 Å². The van der Waals surface area contributed by atoms with Crippen LogP contribution in [0.3, 0.4) is 0 Å². The Hall–Kier alpha value is -0.980. The van der Waals surface area contributed by atoms with Gasteiger partial charge in [0.1, 0.15) is 6.04 Å². The first-order chi connectivity index (χ1) is 9.91. The van der Waals surface area contributed by atoms with Crippen LogP contribution in [0.15, 0.2) is 4.99 Å². The molecule has 122 valence electrons. The van der Waals surface area contributed by atoms with E-state index in [1.165, 1.54) is 24.7 Å². The third-order valence-electron chi connectivity index (χ3n) is 4.38. The van der Waals surface area contributed by atoms with Gasteiger partial charge in [0.2, 0.25) is 0 Å². The van der Waals surface area contributed by atoms with Gasteiger partial charge < -0.3 is 10.2 Å². The SMILES string of the molecule is CN=C(NCCC1CC1)N1CCN(C(C)C(F)(F)F)CC1. The quantitative estimate of drug-likeness (QED) is 0.636. The summed E-state index contributed by atoms with van der Waals surface area (Å²) >= 11 is 0. The Bertz CT molecular complexity index is 358. The third-order valence-corrected chi connectivity index (χ3v) is 4.38. The molecule has 0 aromatic rings. The molecule has 1 saturated heterocycles. The number of halogens is 3. The van der Waals surface area contributed by atoms with Crippen molar-refractivity contribution in [3.8, 4) is 0 Å². The van der Waals surface area contributed by atoms with Crippen molar-refractivity contribution in [1.82, 2.24) is 15.1 Å². The number of hydrogen-bond donors (Lipinski definition) is 1. The first kappa shape index (κ1) is 16.4. The summed E-state index contributed by atoms with van der Waals surface area (Å²) in [6.45, 7) is 4.15. The van der Waals surface area contributed by atoms with Gasteiger partial charge in [0, 0.05) is 39.8 Å². The van der Waals surface area contributed by atoms with Crippen LogP contribution >= 0.6 is 0 Å². The maximum Gasteiger partial charge on any atom is 0.403 e. The number of rotatable bonds is 4. The van der Waals surface area contributed by atoms with Crippen LogP contribution in [0.25, 0.3) is 0 Å². The van der Waals surface area contributed by atoms with Crippen LogP contribution in [0.5, 0.6) is 0 Å². The highest BCUT2D eigenvalue weighted by Crippen LogP contribution is 2.31. The average molecular weight is 306 g/mol. The lowest BCUT2D eigenvalue weighted by Crippen LogP contribution is -2.56. The van der Waals surface area contributed by atoms with Gasteiger partial charge in [0.25, 0.3) is 0 Å². The molecule has 2 aliphatic rings. The fraction of sp³-hybridized carbons (Fsp3) is 0.929. The molecule has 2 fully saturated rings. The van der Waals surface area contributed by atoms with Crippen molar-refractivity contribution in [3.05, 3.63) is 0 Å². The Kier molecular flexibility index (Phi) is 5.35. The van der Waals surface area contributed by atoms with Gasteiger partial charge in [-0.3, -0.25) is 9.89 Å². The highest BCUT2D eigenvalue weighted by atomic mass is 19.4. The van der Waals surface area contributed by atoms with Crippen molar-refractivity contribution < 1.29 is 13.2 Å². The van der Waals surface area contributed by atoms with Crippen LogP contribution in [-0.2, 0) is 0 Å². The zero-order chi connectivity index (χ0) is 15.5. The summed E-state index contributed by atoms with van der Waals surface area (Å²) in [5.74, 6) is 1.68. The van der Waals surface area contributed by atoms with E-state index in [9.17, 15) is 13.2 Å². The fourth-order valence-corrected chi connectivity index (χ4v) is 2.65. The van der Waals surface area contributed by atoms with Crippen molar-refractivity contribution >= 4 is 5.96 Å². The Morgan fingerprint density at radius 1 is 1.24 bits per heavy atom. The lowest BCUT2D eigenvalue weighted by molar-refractivity contribution is -0.181. The predicted octanol–water partition coefficient (Wildman–Crippen LogP) is 1.93. The highest BCUT2D eigenvalue weighted by Gasteiger charge is 2.41. The summed E-state index contributed by atoms with van der Waals surface area (Å²) in [6.07, 6.45) is -0.334. The van der Waals surface area contributed by atoms with Crippen LogP contribution in [0.2, 0.25) is 0 Å². The molecule has 7 heteroatoms. The zero-order valence-corrected chi connectivity index (χ0v) is 12.8. The molecule has 1 heterocycles. The Morgan fingerprint density at radius 2 is 1.86 bits per heavy atom. The van der Waals surface area contributed by atoms with Gasteiger partial charge in [-0.15, -0.1) is 0 Å². The van der Waals surface area contributed by atoms with Crippen molar-refractivity contribution in [2.45, 2.75) is 38.4 Å². The molecule has 0 amide bonds. The van der Waals surface area contributed by atoms with Crippen LogP contribution in [0, 0.1) is 5.92 Å². The second-order valence-corrected chi connectivity index (χ2v) is 5.95. The maximum absolute atomic E-state index is 12.7. The van der Waals surface area contributed by atoms with Crippen LogP contribution in [0.4, 0.5) is 13.2 Å². The Labute approximate surface area is 124 Å². The molecule has 1 atom stereocenters. The predicted molar refractivity (Wildman–Crippen MR) is 77.4 cm³/mol. The summed E-state index contributed by atoms with van der Waals surface area (Å²) in [7, 11) is 1.73. The molecule has 1 aliphatic carbocycles. The standard InChI is InChI=1S/C14H25F3N4/c1-11(14(15,16)17)20-7-9-21(10-8-20)13(18-2)19-6-5-12-3-4-12/h11-12H,3-10H2,1-2H3,(H,18,19). The lowest BCUT2D eigenvalue weighted by Gasteiger charge is -2.39. The van der Waals surface area contributed by atoms with E-state index in [-0.39, 0.29) is 0 Å². The van der Waals surface area contributed by atoms with Crippen LogP contribution in [0.1, 0.15) is 26.2 Å². The summed E-state index contributed by atoms with van der Waals surface area (Å²) < 4.78 is 38.1. The Morgan fingerprint density at radius 3 is 2.33 bits per heavy atom. The molecule has 2 rings (SSSR count). The second-order valence-electron chi connectivity index (χ2n) is 5.95. The summed E-state index contributed by atoms with van der Waals surface area (Å²) in [6, 6.07) is -1.37. The zero-order valence-electron chi connectivity index (χ0n) is 12.8. The van der Waals surface area contributed by atoms with E-state index in [1.807, 2.05) is 4.90 Å². The van der Waals surface area contributed by atoms with Crippen molar-refractivity contribution in [2.75, 3.05) is 39.8 Å². The molecule has 1 N–H and O–H groups in total. The third kappa shape index (κ3) is 4.76. The monoisotopic (exact) mass is 306 g/mol. The summed E-state index contributed by atoms with van der Waals surface area (Å²) in [5, 5.41) is 3.32. The number of hydrogen-bond acceptors (Lipinski definition) is 2. The molecular formula is C14H25F3N4. The van der Waals surface area contributed by atoms with Crippen LogP contribution < -0.4 is 5.32 Å². The number of alkyl halides is 3. The molecule has 1 saturated carbocycles. The van der Waals surface area contributed by atoms with Gasteiger partial charge in [-0.05, 0) is 19.3 Å². The lowest BCUT2D eigenvalue weighted by atomic mass is 10.2. The van der Waals surface area contributed by atoms with E-state index < -0.39 is 12.2 Å². The number of aliphatic imine (C=N–C) groups is 1. The van der Waals surface area contributed by atoms with Crippen molar-refractivity contribution in [2.24, 2.45) is 10.9 Å². The van der Waals surface area contributed by atoms with E-state index in [0.29, 0.717) is 26.2 Å². The molecule has 0 radical (unpaired) electrons. The average Bonchev–Trinajstić information content (AvgIpc) is 3.26. The Balaban J connectivity index is 1.75. The first-order valence-electron chi connectivity index (χ1n) is 7.68. The molecule has 21 heavy (non-hydrogen) atoms. The van der Waals surface area contributed by atoms with Gasteiger partial charge in [0.15, 0.2) is 5.96 Å². The highest BCUT2D eigenvalue weighted by molar-refractivity contribution is 5.79. The van der Waals surface area contributed by atoms with Crippen LogP contribution in [-0.4, -0.2) is 67.7 Å². The molecule has 0 spiro atoms. The van der Waals surface area contributed by atoms with Gasteiger partial charge in [-0.1, -0.05) is 12.8 Å². The normalized spacial score (nSPS) is 23.3. The molecule has 4 nitrogen and oxygen atoms in total. The minimum atomic E-state index is -4.15. The molecule has 0 bridgehead atoms. The number of nitrogens with zero attached hydrogens (tertiary/aromatic N) is 3. The van der Waals surface area contributed by atoms with Gasteiger partial charge in [-0.25, -0.2) is 0 Å².